The summed E-state index contributed by atoms with van der Waals surface area (Å²) in [6.45, 7) is 3.99. The lowest BCUT2D eigenvalue weighted by molar-refractivity contribution is 0.0996. The highest BCUT2D eigenvalue weighted by Gasteiger charge is 2.14. The Hall–Kier alpha value is -3.35. The molecule has 7 nitrogen and oxygen atoms in total. The van der Waals surface area contributed by atoms with Gasteiger partial charge in [0.1, 0.15) is 17.5 Å². The van der Waals surface area contributed by atoms with Crippen molar-refractivity contribution in [2.45, 2.75) is 26.2 Å². The Bertz CT molecular complexity index is 932. The van der Waals surface area contributed by atoms with Crippen molar-refractivity contribution in [2.24, 2.45) is 0 Å². The second kappa shape index (κ2) is 8.12. The van der Waals surface area contributed by atoms with Crippen LogP contribution < -0.4 is 15.5 Å². The van der Waals surface area contributed by atoms with Crippen LogP contribution in [-0.2, 0) is 0 Å². The Balaban J connectivity index is 1.44. The molecule has 1 aliphatic heterocycles. The summed E-state index contributed by atoms with van der Waals surface area (Å²) in [6.07, 6.45) is 5.17. The third-order valence-electron chi connectivity index (χ3n) is 4.66. The molecule has 2 aromatic heterocycles. The first-order valence-corrected chi connectivity index (χ1v) is 9.50. The first-order valence-electron chi connectivity index (χ1n) is 9.50. The highest BCUT2D eigenvalue weighted by molar-refractivity contribution is 6.02. The summed E-state index contributed by atoms with van der Waals surface area (Å²) < 4.78 is 5.10. The molecule has 0 radical (unpaired) electrons. The van der Waals surface area contributed by atoms with Crippen LogP contribution in [0.2, 0.25) is 0 Å². The van der Waals surface area contributed by atoms with E-state index < -0.39 is 0 Å². The second-order valence-electron chi connectivity index (χ2n) is 6.84. The minimum absolute atomic E-state index is 0.275. The molecule has 2 N–H and O–H groups in total. The third-order valence-corrected chi connectivity index (χ3v) is 4.66. The van der Waals surface area contributed by atoms with E-state index in [-0.39, 0.29) is 11.7 Å². The number of benzene rings is 1. The fourth-order valence-electron chi connectivity index (χ4n) is 3.29. The third kappa shape index (κ3) is 4.31. The molecule has 3 aromatic rings. The molecule has 28 heavy (non-hydrogen) atoms. The minimum atomic E-state index is -0.275. The average Bonchev–Trinajstić information content (AvgIpc) is 3.25. The van der Waals surface area contributed by atoms with Crippen molar-refractivity contribution in [1.82, 2.24) is 9.97 Å². The van der Waals surface area contributed by atoms with Crippen molar-refractivity contribution < 1.29 is 9.21 Å². The van der Waals surface area contributed by atoms with E-state index in [0.29, 0.717) is 5.69 Å². The lowest BCUT2D eigenvalue weighted by Crippen LogP contribution is -2.30. The van der Waals surface area contributed by atoms with Crippen LogP contribution in [0, 0.1) is 6.92 Å². The second-order valence-corrected chi connectivity index (χ2v) is 6.84. The molecule has 1 aliphatic rings. The maximum absolute atomic E-state index is 12.0. The first-order chi connectivity index (χ1) is 13.7. The van der Waals surface area contributed by atoms with Crippen LogP contribution in [0.1, 0.15) is 35.6 Å². The molecule has 0 unspecified atom stereocenters. The fraction of sp³-hybridized carbons (Fsp3) is 0.286. The number of anilines is 4. The zero-order valence-corrected chi connectivity index (χ0v) is 15.8. The number of hydrogen-bond donors (Lipinski definition) is 2. The van der Waals surface area contributed by atoms with Crippen molar-refractivity contribution in [1.29, 1.82) is 0 Å². The predicted octanol–water partition coefficient (Wildman–Crippen LogP) is 4.36. The normalized spacial score (nSPS) is 14.0. The largest absolute Gasteiger partial charge is 0.459 e. The van der Waals surface area contributed by atoms with Crippen LogP contribution >= 0.6 is 0 Å². The van der Waals surface area contributed by atoms with E-state index in [1.807, 2.05) is 37.3 Å². The summed E-state index contributed by atoms with van der Waals surface area (Å²) in [7, 11) is 0. The summed E-state index contributed by atoms with van der Waals surface area (Å²) in [6, 6.07) is 12.8. The highest BCUT2D eigenvalue weighted by atomic mass is 16.3. The SMILES string of the molecule is Cc1nc(Nc2ccc(NC(=O)c3ccco3)cc2)cc(N2CCCCC2)n1. The van der Waals surface area contributed by atoms with E-state index in [2.05, 4.69) is 25.5 Å². The quantitative estimate of drug-likeness (QED) is 0.687. The Morgan fingerprint density at radius 2 is 1.79 bits per heavy atom. The van der Waals surface area contributed by atoms with Crippen molar-refractivity contribution in [3.05, 3.63) is 60.3 Å². The molecule has 1 aromatic carbocycles. The number of carbonyl (C=O) groups excluding carboxylic acids is 1. The van der Waals surface area contributed by atoms with E-state index in [0.717, 1.165) is 36.2 Å². The van der Waals surface area contributed by atoms with Gasteiger partial charge in [0.2, 0.25) is 0 Å². The molecule has 0 spiro atoms. The predicted molar refractivity (Wildman–Crippen MR) is 109 cm³/mol. The van der Waals surface area contributed by atoms with Gasteiger partial charge in [0.25, 0.3) is 5.91 Å². The summed E-state index contributed by atoms with van der Waals surface area (Å²) in [5.41, 5.74) is 1.58. The van der Waals surface area contributed by atoms with E-state index in [1.54, 1.807) is 12.1 Å². The molecule has 1 amide bonds. The lowest BCUT2D eigenvalue weighted by atomic mass is 10.1. The first kappa shape index (κ1) is 18.0. The average molecular weight is 377 g/mol. The van der Waals surface area contributed by atoms with Crippen molar-refractivity contribution in [3.63, 3.8) is 0 Å². The standard InChI is InChI=1S/C21H23N5O2/c1-15-22-19(14-20(23-15)26-11-3-2-4-12-26)24-16-7-9-17(10-8-16)25-21(27)18-6-5-13-28-18/h5-10,13-14H,2-4,11-12H2,1H3,(H,25,27)(H,22,23,24). The van der Waals surface area contributed by atoms with Crippen LogP contribution in [0.3, 0.4) is 0 Å². The molecular weight excluding hydrogens is 354 g/mol. The fourth-order valence-corrected chi connectivity index (χ4v) is 3.29. The molecule has 4 rings (SSSR count). The smallest absolute Gasteiger partial charge is 0.291 e. The topological polar surface area (TPSA) is 83.3 Å². The van der Waals surface area contributed by atoms with Crippen molar-refractivity contribution in [2.75, 3.05) is 28.6 Å². The number of carbonyl (C=O) groups is 1. The van der Waals surface area contributed by atoms with Crippen LogP contribution in [0.5, 0.6) is 0 Å². The molecule has 0 atom stereocenters. The van der Waals surface area contributed by atoms with Gasteiger partial charge in [-0.15, -0.1) is 0 Å². The molecule has 7 heteroatoms. The van der Waals surface area contributed by atoms with Gasteiger partial charge >= 0.3 is 0 Å². The summed E-state index contributed by atoms with van der Waals surface area (Å²) in [4.78, 5) is 23.4. The molecule has 1 saturated heterocycles. The number of piperidine rings is 1. The molecular formula is C21H23N5O2. The lowest BCUT2D eigenvalue weighted by Gasteiger charge is -2.28. The number of amides is 1. The molecule has 0 aliphatic carbocycles. The summed E-state index contributed by atoms with van der Waals surface area (Å²) in [5.74, 6) is 2.48. The Morgan fingerprint density at radius 3 is 2.50 bits per heavy atom. The van der Waals surface area contributed by atoms with Gasteiger partial charge in [-0.05, 0) is 62.6 Å². The minimum Gasteiger partial charge on any atom is -0.459 e. The summed E-state index contributed by atoms with van der Waals surface area (Å²) in [5, 5.41) is 6.13. The maximum Gasteiger partial charge on any atom is 0.291 e. The number of aromatic nitrogens is 2. The molecule has 144 valence electrons. The number of hydrogen-bond acceptors (Lipinski definition) is 6. The Kier molecular flexibility index (Phi) is 5.23. The summed E-state index contributed by atoms with van der Waals surface area (Å²) >= 11 is 0. The zero-order chi connectivity index (χ0) is 19.3. The number of furan rings is 1. The van der Waals surface area contributed by atoms with E-state index in [1.165, 1.54) is 25.5 Å². The van der Waals surface area contributed by atoms with Gasteiger partial charge in [-0.1, -0.05) is 0 Å². The van der Waals surface area contributed by atoms with Gasteiger partial charge in [-0.2, -0.15) is 0 Å². The van der Waals surface area contributed by atoms with E-state index in [4.69, 9.17) is 4.42 Å². The molecule has 0 saturated carbocycles. The number of nitrogens with zero attached hydrogens (tertiary/aromatic N) is 3. The van der Waals surface area contributed by atoms with Gasteiger partial charge in [0, 0.05) is 30.5 Å². The van der Waals surface area contributed by atoms with Crippen molar-refractivity contribution in [3.8, 4) is 0 Å². The van der Waals surface area contributed by atoms with E-state index in [9.17, 15) is 4.79 Å². The molecule has 0 bridgehead atoms. The van der Waals surface area contributed by atoms with Crippen LogP contribution in [0.4, 0.5) is 23.0 Å². The van der Waals surface area contributed by atoms with Crippen LogP contribution in [-0.4, -0.2) is 29.0 Å². The van der Waals surface area contributed by atoms with Crippen LogP contribution in [0.25, 0.3) is 0 Å². The van der Waals surface area contributed by atoms with Gasteiger partial charge in [0.05, 0.1) is 6.26 Å². The maximum atomic E-state index is 12.0. The number of aryl methyl sites for hydroxylation is 1. The number of nitrogens with one attached hydrogen (secondary N) is 2. The molecule has 1 fully saturated rings. The highest BCUT2D eigenvalue weighted by Crippen LogP contribution is 2.23. The monoisotopic (exact) mass is 377 g/mol. The number of rotatable bonds is 5. The Morgan fingerprint density at radius 1 is 1.04 bits per heavy atom. The van der Waals surface area contributed by atoms with Crippen molar-refractivity contribution >= 4 is 28.9 Å². The molecule has 3 heterocycles. The zero-order valence-electron chi connectivity index (χ0n) is 15.8. The van der Waals surface area contributed by atoms with Crippen LogP contribution in [0.15, 0.2) is 53.1 Å². The Labute approximate surface area is 163 Å². The van der Waals surface area contributed by atoms with E-state index >= 15 is 0 Å². The van der Waals surface area contributed by atoms with Gasteiger partial charge < -0.3 is 20.0 Å². The van der Waals surface area contributed by atoms with Gasteiger partial charge in [-0.25, -0.2) is 9.97 Å². The van der Waals surface area contributed by atoms with Gasteiger partial charge in [0.15, 0.2) is 5.76 Å². The van der Waals surface area contributed by atoms with Gasteiger partial charge in [-0.3, -0.25) is 4.79 Å².